The molecule has 3 rings (SSSR count). The summed E-state index contributed by atoms with van der Waals surface area (Å²) in [5.74, 6) is -0.416. The maximum Gasteiger partial charge on any atom is 0.241 e. The summed E-state index contributed by atoms with van der Waals surface area (Å²) in [4.78, 5) is 27.9. The molecule has 7 heteroatoms. The van der Waals surface area contributed by atoms with Crippen molar-refractivity contribution < 1.29 is 9.59 Å². The van der Waals surface area contributed by atoms with E-state index in [1.807, 2.05) is 0 Å². The SMILES string of the molecule is N#Cc1ccc(NCC(=O)N2CCN(C3CC3)C(C(N)=O)C2)cc1. The van der Waals surface area contributed by atoms with Crippen molar-refractivity contribution in [2.75, 3.05) is 31.5 Å². The van der Waals surface area contributed by atoms with Crippen molar-refractivity contribution in [3.05, 3.63) is 29.8 Å². The van der Waals surface area contributed by atoms with Crippen LogP contribution in [0.25, 0.3) is 0 Å². The zero-order chi connectivity index (χ0) is 17.1. The number of benzene rings is 1. The van der Waals surface area contributed by atoms with E-state index in [4.69, 9.17) is 11.0 Å². The molecule has 1 saturated heterocycles. The quantitative estimate of drug-likeness (QED) is 0.800. The van der Waals surface area contributed by atoms with E-state index in [9.17, 15) is 9.59 Å². The molecule has 1 aromatic rings. The van der Waals surface area contributed by atoms with Gasteiger partial charge in [0.05, 0.1) is 18.2 Å². The maximum absolute atomic E-state index is 12.4. The third-order valence-electron chi connectivity index (χ3n) is 4.58. The van der Waals surface area contributed by atoms with E-state index in [-0.39, 0.29) is 24.4 Å². The summed E-state index contributed by atoms with van der Waals surface area (Å²) in [5, 5.41) is 11.8. The largest absolute Gasteiger partial charge is 0.376 e. The zero-order valence-electron chi connectivity index (χ0n) is 13.4. The Kier molecular flexibility index (Phi) is 4.67. The molecule has 2 amide bonds. The number of nitrogens with zero attached hydrogens (tertiary/aromatic N) is 3. The number of nitrogens with one attached hydrogen (secondary N) is 1. The number of anilines is 1. The molecule has 0 radical (unpaired) electrons. The molecule has 7 nitrogen and oxygen atoms in total. The Morgan fingerprint density at radius 2 is 1.96 bits per heavy atom. The molecular formula is C17H21N5O2. The van der Waals surface area contributed by atoms with Crippen LogP contribution in [0.2, 0.25) is 0 Å². The van der Waals surface area contributed by atoms with Crippen molar-refractivity contribution in [1.82, 2.24) is 9.80 Å². The van der Waals surface area contributed by atoms with Crippen molar-refractivity contribution in [1.29, 1.82) is 5.26 Å². The van der Waals surface area contributed by atoms with Gasteiger partial charge in [-0.05, 0) is 37.1 Å². The van der Waals surface area contributed by atoms with Gasteiger partial charge in [-0.15, -0.1) is 0 Å². The van der Waals surface area contributed by atoms with Crippen LogP contribution in [0.1, 0.15) is 18.4 Å². The lowest BCUT2D eigenvalue weighted by Gasteiger charge is -2.40. The van der Waals surface area contributed by atoms with Crippen LogP contribution in [0.4, 0.5) is 5.69 Å². The van der Waals surface area contributed by atoms with Crippen molar-refractivity contribution >= 4 is 17.5 Å². The smallest absolute Gasteiger partial charge is 0.241 e. The molecule has 1 aliphatic carbocycles. The number of carbonyl (C=O) groups excluding carboxylic acids is 2. The first-order chi connectivity index (χ1) is 11.6. The first-order valence-electron chi connectivity index (χ1n) is 8.15. The molecule has 1 atom stereocenters. The van der Waals surface area contributed by atoms with Crippen LogP contribution in [0, 0.1) is 11.3 Å². The standard InChI is InChI=1S/C17H21N5O2/c18-9-12-1-3-13(4-2-12)20-10-16(23)21-7-8-22(14-5-6-14)15(11-21)17(19)24/h1-4,14-15,20H,5-8,10-11H2,(H2,19,24). The van der Waals surface area contributed by atoms with E-state index < -0.39 is 0 Å². The van der Waals surface area contributed by atoms with Gasteiger partial charge in [-0.2, -0.15) is 5.26 Å². The van der Waals surface area contributed by atoms with Crippen molar-refractivity contribution in [3.63, 3.8) is 0 Å². The number of rotatable bonds is 5. The summed E-state index contributed by atoms with van der Waals surface area (Å²) >= 11 is 0. The van der Waals surface area contributed by atoms with E-state index in [0.29, 0.717) is 31.2 Å². The summed E-state index contributed by atoms with van der Waals surface area (Å²) in [6.45, 7) is 1.83. The lowest BCUT2D eigenvalue weighted by atomic mass is 10.1. The van der Waals surface area contributed by atoms with Crippen LogP contribution >= 0.6 is 0 Å². The lowest BCUT2D eigenvalue weighted by Crippen LogP contribution is -2.60. The molecule has 0 spiro atoms. The normalized spacial score (nSPS) is 21.1. The van der Waals surface area contributed by atoms with Gasteiger partial charge in [0.1, 0.15) is 6.04 Å². The van der Waals surface area contributed by atoms with Gasteiger partial charge in [0, 0.05) is 31.4 Å². The van der Waals surface area contributed by atoms with Crippen LogP contribution in [0.15, 0.2) is 24.3 Å². The van der Waals surface area contributed by atoms with Crippen molar-refractivity contribution in [2.24, 2.45) is 5.73 Å². The molecule has 1 aromatic carbocycles. The number of hydrogen-bond acceptors (Lipinski definition) is 5. The van der Waals surface area contributed by atoms with Crippen molar-refractivity contribution in [2.45, 2.75) is 24.9 Å². The highest BCUT2D eigenvalue weighted by Crippen LogP contribution is 2.30. The summed E-state index contributed by atoms with van der Waals surface area (Å²) in [5.41, 5.74) is 6.88. The van der Waals surface area contributed by atoms with Crippen LogP contribution < -0.4 is 11.1 Å². The minimum atomic E-state index is -0.384. The molecule has 126 valence electrons. The molecule has 2 fully saturated rings. The highest BCUT2D eigenvalue weighted by atomic mass is 16.2. The van der Waals surface area contributed by atoms with Crippen LogP contribution in [-0.2, 0) is 9.59 Å². The molecule has 24 heavy (non-hydrogen) atoms. The first kappa shape index (κ1) is 16.3. The summed E-state index contributed by atoms with van der Waals surface area (Å²) in [6, 6.07) is 9.06. The molecule has 2 aliphatic rings. The number of piperazine rings is 1. The second kappa shape index (κ2) is 6.89. The maximum atomic E-state index is 12.4. The van der Waals surface area contributed by atoms with Gasteiger partial charge in [-0.1, -0.05) is 0 Å². The average molecular weight is 327 g/mol. The fraction of sp³-hybridized carbons (Fsp3) is 0.471. The summed E-state index contributed by atoms with van der Waals surface area (Å²) < 4.78 is 0. The van der Waals surface area contributed by atoms with Gasteiger partial charge in [-0.25, -0.2) is 0 Å². The Labute approximate surface area is 141 Å². The summed E-state index contributed by atoms with van der Waals surface area (Å²) in [6.07, 6.45) is 2.22. The molecule has 3 N–H and O–H groups in total. The lowest BCUT2D eigenvalue weighted by molar-refractivity contribution is -0.136. The monoisotopic (exact) mass is 327 g/mol. The van der Waals surface area contributed by atoms with Gasteiger partial charge in [0.2, 0.25) is 11.8 Å². The molecule has 0 bridgehead atoms. The highest BCUT2D eigenvalue weighted by Gasteiger charge is 2.40. The number of primary amides is 1. The fourth-order valence-electron chi connectivity index (χ4n) is 3.07. The van der Waals surface area contributed by atoms with Gasteiger partial charge in [-0.3, -0.25) is 14.5 Å². The Bertz CT molecular complexity index is 663. The Balaban J connectivity index is 1.54. The minimum absolute atomic E-state index is 0.0546. The molecule has 1 saturated carbocycles. The topological polar surface area (TPSA) is 102 Å². The number of amides is 2. The first-order valence-corrected chi connectivity index (χ1v) is 8.15. The zero-order valence-corrected chi connectivity index (χ0v) is 13.4. The molecular weight excluding hydrogens is 306 g/mol. The van der Waals surface area contributed by atoms with Gasteiger partial charge < -0.3 is 16.0 Å². The number of carbonyl (C=O) groups is 2. The molecule has 1 unspecified atom stereocenters. The number of nitrogens with two attached hydrogens (primary N) is 1. The summed E-state index contributed by atoms with van der Waals surface area (Å²) in [7, 11) is 0. The second-order valence-corrected chi connectivity index (χ2v) is 6.27. The fourth-order valence-corrected chi connectivity index (χ4v) is 3.07. The average Bonchev–Trinajstić information content (AvgIpc) is 3.44. The van der Waals surface area contributed by atoms with Gasteiger partial charge >= 0.3 is 0 Å². The van der Waals surface area contributed by atoms with Crippen LogP contribution in [-0.4, -0.2) is 59.9 Å². The van der Waals surface area contributed by atoms with E-state index in [1.165, 1.54) is 0 Å². The third-order valence-corrected chi connectivity index (χ3v) is 4.58. The van der Waals surface area contributed by atoms with Crippen LogP contribution in [0.3, 0.4) is 0 Å². The van der Waals surface area contributed by atoms with E-state index in [2.05, 4.69) is 16.3 Å². The molecule has 1 aliphatic heterocycles. The predicted molar refractivity (Wildman–Crippen MR) is 88.9 cm³/mol. The van der Waals surface area contributed by atoms with E-state index in [1.54, 1.807) is 29.2 Å². The Morgan fingerprint density at radius 3 is 2.54 bits per heavy atom. The Morgan fingerprint density at radius 1 is 1.25 bits per heavy atom. The predicted octanol–water partition coefficient (Wildman–Crippen LogP) is 0.131. The van der Waals surface area contributed by atoms with Crippen molar-refractivity contribution in [3.8, 4) is 6.07 Å². The van der Waals surface area contributed by atoms with Gasteiger partial charge in [0.15, 0.2) is 0 Å². The number of nitriles is 1. The second-order valence-electron chi connectivity index (χ2n) is 6.27. The highest BCUT2D eigenvalue weighted by molar-refractivity contribution is 5.84. The van der Waals surface area contributed by atoms with E-state index in [0.717, 1.165) is 18.5 Å². The minimum Gasteiger partial charge on any atom is -0.376 e. The van der Waals surface area contributed by atoms with Crippen LogP contribution in [0.5, 0.6) is 0 Å². The van der Waals surface area contributed by atoms with Gasteiger partial charge in [0.25, 0.3) is 0 Å². The molecule has 1 heterocycles. The molecule has 0 aromatic heterocycles. The number of hydrogen-bond donors (Lipinski definition) is 2. The Hall–Kier alpha value is -2.59. The van der Waals surface area contributed by atoms with E-state index >= 15 is 0 Å². The third kappa shape index (κ3) is 3.66.